The Hall–Kier alpha value is -0.810. The van der Waals surface area contributed by atoms with E-state index in [-0.39, 0.29) is 11.2 Å². The van der Waals surface area contributed by atoms with E-state index in [1.165, 1.54) is 0 Å². The molecule has 1 saturated carbocycles. The lowest BCUT2D eigenvalue weighted by atomic mass is 9.66. The predicted molar refractivity (Wildman–Crippen MR) is 39.2 cm³/mol. The number of rotatable bonds is 2. The second-order valence-electron chi connectivity index (χ2n) is 2.81. The van der Waals surface area contributed by atoms with Gasteiger partial charge in [-0.25, -0.2) is 0 Å². The van der Waals surface area contributed by atoms with E-state index in [2.05, 4.69) is 5.92 Å². The molecule has 10 heavy (non-hydrogen) atoms. The number of nitrogens with two attached hydrogens (primary N) is 1. The third-order valence-electron chi connectivity index (χ3n) is 2.31. The van der Waals surface area contributed by atoms with Crippen LogP contribution in [0.1, 0.15) is 19.3 Å². The van der Waals surface area contributed by atoms with Gasteiger partial charge in [-0.3, -0.25) is 4.79 Å². The summed E-state index contributed by atoms with van der Waals surface area (Å²) in [6.07, 6.45) is 7.84. The first-order chi connectivity index (χ1) is 4.75. The number of Topliss-reactive ketones (excluding diaryl/α,β-unsaturated/α-hetero) is 1. The predicted octanol–water partition coefficient (Wildman–Crippen LogP) is 0.318. The largest absolute Gasteiger partial charge is 0.329 e. The molecule has 54 valence electrons. The molecule has 1 aliphatic rings. The van der Waals surface area contributed by atoms with E-state index in [4.69, 9.17) is 12.2 Å². The fraction of sp³-hybridized carbons (Fsp3) is 0.625. The first kappa shape index (κ1) is 7.30. The van der Waals surface area contributed by atoms with Gasteiger partial charge in [-0.05, 0) is 18.8 Å². The fourth-order valence-electron chi connectivity index (χ4n) is 1.28. The average Bonchev–Trinajstić information content (AvgIpc) is 1.86. The van der Waals surface area contributed by atoms with Gasteiger partial charge in [0.2, 0.25) is 5.78 Å². The van der Waals surface area contributed by atoms with Crippen LogP contribution in [0.4, 0.5) is 0 Å². The van der Waals surface area contributed by atoms with Crippen LogP contribution in [0.3, 0.4) is 0 Å². The van der Waals surface area contributed by atoms with Crippen molar-refractivity contribution in [1.82, 2.24) is 0 Å². The Labute approximate surface area is 60.8 Å². The lowest BCUT2D eigenvalue weighted by Crippen LogP contribution is -2.43. The van der Waals surface area contributed by atoms with Crippen molar-refractivity contribution < 1.29 is 4.79 Å². The molecule has 0 radical (unpaired) electrons. The molecule has 1 fully saturated rings. The number of hydrogen-bond acceptors (Lipinski definition) is 2. The van der Waals surface area contributed by atoms with Gasteiger partial charge in [-0.15, -0.1) is 6.42 Å². The Morgan fingerprint density at radius 2 is 2.30 bits per heavy atom. The molecule has 0 aromatic rings. The Morgan fingerprint density at radius 1 is 1.70 bits per heavy atom. The van der Waals surface area contributed by atoms with E-state index in [0.717, 1.165) is 19.3 Å². The Bertz CT molecular complexity index is 180. The monoisotopic (exact) mass is 137 g/mol. The van der Waals surface area contributed by atoms with E-state index in [1.807, 2.05) is 0 Å². The summed E-state index contributed by atoms with van der Waals surface area (Å²) in [5, 5.41) is 0. The van der Waals surface area contributed by atoms with Crippen molar-refractivity contribution in [2.75, 3.05) is 6.54 Å². The first-order valence-corrected chi connectivity index (χ1v) is 3.46. The van der Waals surface area contributed by atoms with Gasteiger partial charge in [-0.1, -0.05) is 6.42 Å². The van der Waals surface area contributed by atoms with E-state index in [1.54, 1.807) is 0 Å². The molecule has 2 nitrogen and oxygen atoms in total. The van der Waals surface area contributed by atoms with Crippen LogP contribution in [0.25, 0.3) is 0 Å². The maximum atomic E-state index is 11.0. The minimum atomic E-state index is -0.325. The maximum Gasteiger partial charge on any atom is 0.212 e. The lowest BCUT2D eigenvalue weighted by Gasteiger charge is -2.37. The highest BCUT2D eigenvalue weighted by Crippen LogP contribution is 2.40. The van der Waals surface area contributed by atoms with Crippen molar-refractivity contribution in [2.45, 2.75) is 19.3 Å². The molecular weight excluding hydrogens is 126 g/mol. The number of carbonyl (C=O) groups is 1. The van der Waals surface area contributed by atoms with E-state index >= 15 is 0 Å². The van der Waals surface area contributed by atoms with Crippen molar-refractivity contribution in [3.05, 3.63) is 0 Å². The second-order valence-corrected chi connectivity index (χ2v) is 2.81. The molecule has 0 aliphatic heterocycles. The van der Waals surface area contributed by atoms with E-state index in [0.29, 0.717) is 6.54 Å². The molecule has 0 amide bonds. The number of carbonyl (C=O) groups excluding carboxylic acids is 1. The molecule has 0 unspecified atom stereocenters. The van der Waals surface area contributed by atoms with Gasteiger partial charge < -0.3 is 5.73 Å². The quantitative estimate of drug-likeness (QED) is 0.440. The standard InChI is InChI=1S/C8H11NO/c1-2-7(10)8(6-9)4-3-5-8/h1H,3-6,9H2. The summed E-state index contributed by atoms with van der Waals surface area (Å²) in [5.74, 6) is 2.03. The normalized spacial score (nSPS) is 20.8. The van der Waals surface area contributed by atoms with Crippen LogP contribution in [-0.2, 0) is 4.79 Å². The van der Waals surface area contributed by atoms with Crippen molar-refractivity contribution in [2.24, 2.45) is 11.1 Å². The maximum absolute atomic E-state index is 11.0. The van der Waals surface area contributed by atoms with E-state index < -0.39 is 0 Å². The number of hydrogen-bond donors (Lipinski definition) is 1. The van der Waals surface area contributed by atoms with Crippen molar-refractivity contribution in [3.63, 3.8) is 0 Å². The molecule has 0 heterocycles. The molecule has 0 atom stereocenters. The van der Waals surface area contributed by atoms with Crippen molar-refractivity contribution in [1.29, 1.82) is 0 Å². The highest BCUT2D eigenvalue weighted by molar-refractivity contribution is 6.00. The van der Waals surface area contributed by atoms with Gasteiger partial charge in [-0.2, -0.15) is 0 Å². The van der Waals surface area contributed by atoms with Gasteiger partial charge in [0, 0.05) is 6.54 Å². The molecule has 2 N–H and O–H groups in total. The number of terminal acetylenes is 1. The summed E-state index contributed by atoms with van der Waals surface area (Å²) in [5.41, 5.74) is 5.10. The third-order valence-corrected chi connectivity index (χ3v) is 2.31. The highest BCUT2D eigenvalue weighted by Gasteiger charge is 2.41. The van der Waals surface area contributed by atoms with Crippen molar-refractivity contribution >= 4 is 5.78 Å². The van der Waals surface area contributed by atoms with Gasteiger partial charge in [0.15, 0.2) is 0 Å². The van der Waals surface area contributed by atoms with Crippen LogP contribution in [0, 0.1) is 17.8 Å². The molecule has 0 spiro atoms. The first-order valence-electron chi connectivity index (χ1n) is 3.46. The summed E-state index contributed by atoms with van der Waals surface area (Å²) >= 11 is 0. The van der Waals surface area contributed by atoms with Crippen LogP contribution < -0.4 is 5.73 Å². The fourth-order valence-corrected chi connectivity index (χ4v) is 1.28. The molecule has 0 aromatic carbocycles. The van der Waals surface area contributed by atoms with Gasteiger partial charge in [0.25, 0.3) is 0 Å². The van der Waals surface area contributed by atoms with Crippen LogP contribution in [0.5, 0.6) is 0 Å². The zero-order valence-electron chi connectivity index (χ0n) is 5.89. The van der Waals surface area contributed by atoms with Gasteiger partial charge in [0.05, 0.1) is 5.41 Å². The molecule has 0 saturated heterocycles. The summed E-state index contributed by atoms with van der Waals surface area (Å²) < 4.78 is 0. The summed E-state index contributed by atoms with van der Waals surface area (Å²) in [6, 6.07) is 0. The summed E-state index contributed by atoms with van der Waals surface area (Å²) in [6.45, 7) is 0.413. The minimum absolute atomic E-state index is 0.110. The van der Waals surface area contributed by atoms with Gasteiger partial charge >= 0.3 is 0 Å². The molecule has 0 bridgehead atoms. The SMILES string of the molecule is C#CC(=O)C1(CN)CCC1. The molecule has 2 heteroatoms. The zero-order chi connectivity index (χ0) is 7.61. The number of ketones is 1. The van der Waals surface area contributed by atoms with Crippen LogP contribution in [0.15, 0.2) is 0 Å². The second kappa shape index (κ2) is 2.43. The molecular formula is C8H11NO. The highest BCUT2D eigenvalue weighted by atomic mass is 16.1. The van der Waals surface area contributed by atoms with Crippen molar-refractivity contribution in [3.8, 4) is 12.3 Å². The van der Waals surface area contributed by atoms with Crippen LogP contribution in [0.2, 0.25) is 0 Å². The molecule has 1 rings (SSSR count). The molecule has 1 aliphatic carbocycles. The topological polar surface area (TPSA) is 43.1 Å². The molecule has 0 aromatic heterocycles. The Balaban J connectivity index is 2.67. The Morgan fingerprint density at radius 3 is 2.40 bits per heavy atom. The lowest BCUT2D eigenvalue weighted by molar-refractivity contribution is -0.126. The third kappa shape index (κ3) is 0.833. The zero-order valence-corrected chi connectivity index (χ0v) is 5.89. The summed E-state index contributed by atoms with van der Waals surface area (Å²) in [7, 11) is 0. The summed E-state index contributed by atoms with van der Waals surface area (Å²) in [4.78, 5) is 11.0. The minimum Gasteiger partial charge on any atom is -0.329 e. The van der Waals surface area contributed by atoms with E-state index in [9.17, 15) is 4.79 Å². The van der Waals surface area contributed by atoms with Gasteiger partial charge in [0.1, 0.15) is 0 Å². The Kier molecular flexibility index (Phi) is 1.78. The van der Waals surface area contributed by atoms with Crippen LogP contribution in [-0.4, -0.2) is 12.3 Å². The average molecular weight is 137 g/mol. The smallest absolute Gasteiger partial charge is 0.212 e. The van der Waals surface area contributed by atoms with Crippen LogP contribution >= 0.6 is 0 Å².